The molecule has 0 unspecified atom stereocenters. The van der Waals surface area contributed by atoms with Crippen LogP contribution in [-0.2, 0) is 26.2 Å². The summed E-state index contributed by atoms with van der Waals surface area (Å²) in [7, 11) is -3.35. The first-order chi connectivity index (χ1) is 21.1. The predicted molar refractivity (Wildman–Crippen MR) is 175 cm³/mol. The number of hydrogen-bond donors (Lipinski definition) is 1. The van der Waals surface area contributed by atoms with Crippen molar-refractivity contribution in [2.24, 2.45) is 5.92 Å². The molecule has 3 aromatic carbocycles. The van der Waals surface area contributed by atoms with E-state index in [1.165, 1.54) is 62.3 Å². The Kier molecular flexibility index (Phi) is 12.1. The topological polar surface area (TPSA) is 139 Å². The van der Waals surface area contributed by atoms with Crippen LogP contribution < -0.4 is 14.4 Å². The first-order valence-electron chi connectivity index (χ1n) is 13.7. The van der Waals surface area contributed by atoms with Crippen LogP contribution in [0.1, 0.15) is 31.9 Å². The number of rotatable bonds is 13. The lowest BCUT2D eigenvalue weighted by molar-refractivity contribution is -0.385. The number of methoxy groups -OCH3 is 1. The van der Waals surface area contributed by atoms with Crippen LogP contribution in [0, 0.1) is 23.0 Å². The van der Waals surface area contributed by atoms with Crippen LogP contribution in [0.15, 0.2) is 59.5 Å². The minimum absolute atomic E-state index is 0.0624. The van der Waals surface area contributed by atoms with Crippen molar-refractivity contribution in [1.82, 2.24) is 10.2 Å². The third-order valence-electron chi connectivity index (χ3n) is 6.86. The summed E-state index contributed by atoms with van der Waals surface area (Å²) in [5, 5.41) is 15.2. The molecule has 0 spiro atoms. The van der Waals surface area contributed by atoms with Crippen LogP contribution in [0.25, 0.3) is 0 Å². The number of carbonyl (C=O) groups excluding carboxylic acids is 2. The zero-order chi connectivity index (χ0) is 33.6. The van der Waals surface area contributed by atoms with E-state index in [-0.39, 0.29) is 39.5 Å². The maximum Gasteiger partial charge on any atom is 0.273 e. The summed E-state index contributed by atoms with van der Waals surface area (Å²) in [6.45, 7) is 6.17. The van der Waals surface area contributed by atoms with Gasteiger partial charge in [-0.1, -0.05) is 60.8 Å². The number of benzene rings is 3. The number of halogens is 3. The van der Waals surface area contributed by atoms with E-state index >= 15 is 0 Å². The average molecular weight is 700 g/mol. The molecule has 3 rings (SSSR count). The van der Waals surface area contributed by atoms with Crippen LogP contribution in [0.5, 0.6) is 5.75 Å². The third kappa shape index (κ3) is 8.78. The van der Waals surface area contributed by atoms with Crippen LogP contribution in [-0.4, -0.2) is 56.3 Å². The largest absolute Gasteiger partial charge is 0.495 e. The second-order valence-corrected chi connectivity index (χ2v) is 13.7. The normalized spacial score (nSPS) is 12.0. The number of ether oxygens (including phenoxy) is 1. The molecule has 0 aliphatic carbocycles. The molecule has 0 saturated carbocycles. The van der Waals surface area contributed by atoms with Crippen molar-refractivity contribution in [2.45, 2.75) is 45.2 Å². The van der Waals surface area contributed by atoms with Gasteiger partial charge in [-0.15, -0.1) is 0 Å². The summed E-state index contributed by atoms with van der Waals surface area (Å²) in [4.78, 5) is 39.1. The fourth-order valence-corrected chi connectivity index (χ4v) is 6.39. The molecular formula is C30H33Cl3N4O7S. The molecule has 45 heavy (non-hydrogen) atoms. The molecule has 1 atom stereocenters. The van der Waals surface area contributed by atoms with Crippen molar-refractivity contribution in [3.05, 3.63) is 90.9 Å². The molecule has 0 saturated heterocycles. The quantitative estimate of drug-likeness (QED) is 0.164. The van der Waals surface area contributed by atoms with E-state index in [2.05, 4.69) is 5.32 Å². The summed E-state index contributed by atoms with van der Waals surface area (Å²) in [6.07, 6.45) is 0. The highest BCUT2D eigenvalue weighted by Crippen LogP contribution is 2.36. The minimum atomic E-state index is -4.66. The van der Waals surface area contributed by atoms with Crippen LogP contribution in [0.3, 0.4) is 0 Å². The van der Waals surface area contributed by atoms with Crippen molar-refractivity contribution in [1.29, 1.82) is 0 Å². The first-order valence-corrected chi connectivity index (χ1v) is 16.3. The SMILES string of the molecule is COc1ccc(Cl)cc1N(CC(=O)N(Cc1ccc(Cl)cc1Cl)[C@@H](C)C(=O)NCC(C)C)S(=O)(=O)c1ccc(C)c([N+](=O)[O-])c1. The van der Waals surface area contributed by atoms with Crippen molar-refractivity contribution in [3.8, 4) is 5.75 Å². The summed E-state index contributed by atoms with van der Waals surface area (Å²) in [6, 6.07) is 11.2. The lowest BCUT2D eigenvalue weighted by atomic mass is 10.1. The fourth-order valence-electron chi connectivity index (χ4n) is 4.31. The van der Waals surface area contributed by atoms with E-state index in [4.69, 9.17) is 39.5 Å². The smallest absolute Gasteiger partial charge is 0.273 e. The molecule has 0 bridgehead atoms. The summed E-state index contributed by atoms with van der Waals surface area (Å²) >= 11 is 18.7. The number of nitrogens with one attached hydrogen (secondary N) is 1. The lowest BCUT2D eigenvalue weighted by Crippen LogP contribution is -2.51. The van der Waals surface area contributed by atoms with Crippen molar-refractivity contribution in [3.63, 3.8) is 0 Å². The molecule has 11 nitrogen and oxygen atoms in total. The number of anilines is 1. The molecule has 242 valence electrons. The van der Waals surface area contributed by atoms with E-state index in [1.807, 2.05) is 13.8 Å². The van der Waals surface area contributed by atoms with E-state index in [0.29, 0.717) is 17.1 Å². The molecule has 15 heteroatoms. The number of nitro benzene ring substituents is 1. The van der Waals surface area contributed by atoms with E-state index < -0.39 is 49.9 Å². The summed E-state index contributed by atoms with van der Waals surface area (Å²) in [5.74, 6) is -1.05. The Labute approximate surface area is 277 Å². The van der Waals surface area contributed by atoms with Gasteiger partial charge in [0.1, 0.15) is 18.3 Å². The molecule has 0 aromatic heterocycles. The molecular weight excluding hydrogens is 667 g/mol. The lowest BCUT2D eigenvalue weighted by Gasteiger charge is -2.32. The van der Waals surface area contributed by atoms with Gasteiger partial charge in [-0.05, 0) is 61.7 Å². The zero-order valence-electron chi connectivity index (χ0n) is 25.2. The Bertz CT molecular complexity index is 1700. The Balaban J connectivity index is 2.17. The fraction of sp³-hybridized carbons (Fsp3) is 0.333. The van der Waals surface area contributed by atoms with Crippen LogP contribution in [0.4, 0.5) is 11.4 Å². The molecule has 0 radical (unpaired) electrons. The van der Waals surface area contributed by atoms with Crippen molar-refractivity contribution in [2.75, 3.05) is 24.5 Å². The number of nitro groups is 1. The Hall–Kier alpha value is -3.58. The highest BCUT2D eigenvalue weighted by atomic mass is 35.5. The van der Waals surface area contributed by atoms with Gasteiger partial charge < -0.3 is 15.0 Å². The van der Waals surface area contributed by atoms with Gasteiger partial charge in [0.05, 0.1) is 22.6 Å². The molecule has 3 aromatic rings. The van der Waals surface area contributed by atoms with E-state index in [1.54, 1.807) is 12.1 Å². The number of aryl methyl sites for hydroxylation is 1. The Morgan fingerprint density at radius 2 is 1.64 bits per heavy atom. The second-order valence-electron chi connectivity index (χ2n) is 10.6. The number of amides is 2. The Morgan fingerprint density at radius 3 is 2.24 bits per heavy atom. The average Bonchev–Trinajstić information content (AvgIpc) is 2.97. The van der Waals surface area contributed by atoms with Crippen molar-refractivity contribution >= 4 is 68.0 Å². The maximum absolute atomic E-state index is 14.2. The van der Waals surface area contributed by atoms with E-state index in [0.717, 1.165) is 10.4 Å². The van der Waals surface area contributed by atoms with Gasteiger partial charge >= 0.3 is 0 Å². The second kappa shape index (κ2) is 15.1. The zero-order valence-corrected chi connectivity index (χ0v) is 28.3. The molecule has 2 amide bonds. The van der Waals surface area contributed by atoms with E-state index in [9.17, 15) is 28.1 Å². The summed E-state index contributed by atoms with van der Waals surface area (Å²) in [5.41, 5.74) is 0.189. The van der Waals surface area contributed by atoms with Crippen molar-refractivity contribution < 1.29 is 27.7 Å². The van der Waals surface area contributed by atoms with Crippen LogP contribution in [0.2, 0.25) is 15.1 Å². The van der Waals surface area contributed by atoms with Gasteiger partial charge in [0.15, 0.2) is 0 Å². The molecule has 0 aliphatic heterocycles. The van der Waals surface area contributed by atoms with Gasteiger partial charge in [-0.2, -0.15) is 0 Å². The highest BCUT2D eigenvalue weighted by Gasteiger charge is 2.35. The molecule has 0 aliphatic rings. The molecule has 1 N–H and O–H groups in total. The molecule has 0 fully saturated rings. The maximum atomic E-state index is 14.2. The predicted octanol–water partition coefficient (Wildman–Crippen LogP) is 6.26. The first kappa shape index (κ1) is 35.9. The molecule has 0 heterocycles. The van der Waals surface area contributed by atoms with Gasteiger partial charge in [-0.25, -0.2) is 8.42 Å². The monoisotopic (exact) mass is 698 g/mol. The van der Waals surface area contributed by atoms with Gasteiger partial charge in [-0.3, -0.25) is 24.0 Å². The number of hydrogen-bond acceptors (Lipinski definition) is 7. The highest BCUT2D eigenvalue weighted by molar-refractivity contribution is 7.92. The number of nitrogens with zero attached hydrogens (tertiary/aromatic N) is 3. The van der Waals surface area contributed by atoms with Gasteiger partial charge in [0, 0.05) is 39.8 Å². The standard InChI is InChI=1S/C30H33Cl3N4O7S/c1-18(2)15-34-30(39)20(4)35(16-21-7-8-22(31)12-25(21)33)29(38)17-36(27-13-23(32)9-11-28(27)44-5)45(42,43)24-10-6-19(3)26(14-24)37(40)41/h6-14,18,20H,15-17H2,1-5H3,(H,34,39)/t20-/m0/s1. The number of carbonyl (C=O) groups is 2. The Morgan fingerprint density at radius 1 is 1.00 bits per heavy atom. The van der Waals surface area contributed by atoms with Gasteiger partial charge in [0.25, 0.3) is 15.7 Å². The third-order valence-corrected chi connectivity index (χ3v) is 9.44. The van der Waals surface area contributed by atoms with Gasteiger partial charge in [0.2, 0.25) is 11.8 Å². The van der Waals surface area contributed by atoms with Crippen LogP contribution >= 0.6 is 34.8 Å². The minimum Gasteiger partial charge on any atom is -0.495 e. The summed E-state index contributed by atoms with van der Waals surface area (Å²) < 4.78 is 34.6. The number of sulfonamides is 1.